The molecule has 2 aliphatic carbocycles. The molecule has 0 radical (unpaired) electrons. The van der Waals surface area contributed by atoms with Crippen molar-refractivity contribution in [2.45, 2.75) is 154 Å². The lowest BCUT2D eigenvalue weighted by atomic mass is 9.55. The summed E-state index contributed by atoms with van der Waals surface area (Å²) in [6, 6.07) is 17.5. The Labute approximate surface area is 403 Å². The van der Waals surface area contributed by atoms with E-state index in [0.29, 0.717) is 47.8 Å². The number of fused-ring (bicyclic) bond motifs is 2. The van der Waals surface area contributed by atoms with E-state index >= 15 is 0 Å². The van der Waals surface area contributed by atoms with Crippen LogP contribution in [0.15, 0.2) is 96.2 Å². The van der Waals surface area contributed by atoms with Crippen LogP contribution in [0.4, 0.5) is 13.6 Å². The number of benzene rings is 3. The molecule has 0 bridgehead atoms. The van der Waals surface area contributed by atoms with Crippen LogP contribution in [0.5, 0.6) is 11.5 Å². The predicted molar refractivity (Wildman–Crippen MR) is 262 cm³/mol. The lowest BCUT2D eigenvalue weighted by Gasteiger charge is -2.59. The van der Waals surface area contributed by atoms with Crippen molar-refractivity contribution in [1.29, 1.82) is 0 Å². The Morgan fingerprint density at radius 3 is 2.28 bits per heavy atom. The summed E-state index contributed by atoms with van der Waals surface area (Å²) >= 11 is 0. The van der Waals surface area contributed by atoms with Crippen LogP contribution >= 0.6 is 0 Å². The minimum absolute atomic E-state index is 0.00824. The molecule has 372 valence electrons. The first-order valence-corrected chi connectivity index (χ1v) is 25.5. The molecule has 68 heavy (non-hydrogen) atoms. The highest BCUT2D eigenvalue weighted by molar-refractivity contribution is 6.03. The average molecular weight is 943 g/mol. The van der Waals surface area contributed by atoms with Crippen molar-refractivity contribution in [3.8, 4) is 11.5 Å². The van der Waals surface area contributed by atoms with Crippen molar-refractivity contribution in [1.82, 2.24) is 4.90 Å². The minimum atomic E-state index is -1.51. The summed E-state index contributed by atoms with van der Waals surface area (Å²) in [5.74, 6) is -1.96. The Morgan fingerprint density at radius 2 is 1.59 bits per heavy atom. The molecule has 1 saturated carbocycles. The number of nitrogens with zero attached hydrogens (tertiary/aromatic N) is 2. The largest absolute Gasteiger partial charge is 0.489 e. The summed E-state index contributed by atoms with van der Waals surface area (Å²) in [4.78, 5) is 22.5. The summed E-state index contributed by atoms with van der Waals surface area (Å²) < 4.78 is 56.2. The van der Waals surface area contributed by atoms with Gasteiger partial charge in [-0.15, -0.1) is 6.58 Å². The van der Waals surface area contributed by atoms with E-state index < -0.39 is 23.8 Å². The number of aliphatic hydroxyl groups is 2. The van der Waals surface area contributed by atoms with Gasteiger partial charge >= 0.3 is 6.09 Å². The molecule has 0 saturated heterocycles. The van der Waals surface area contributed by atoms with Crippen LogP contribution in [0.25, 0.3) is 0 Å². The van der Waals surface area contributed by atoms with Crippen molar-refractivity contribution in [2.24, 2.45) is 22.9 Å². The molecular formula is C56H76F2N2O8. The van der Waals surface area contributed by atoms with Gasteiger partial charge in [0.1, 0.15) is 42.4 Å². The van der Waals surface area contributed by atoms with E-state index in [0.717, 1.165) is 62.5 Å². The number of halogens is 2. The van der Waals surface area contributed by atoms with Gasteiger partial charge in [0, 0.05) is 43.2 Å². The maximum absolute atomic E-state index is 14.9. The highest BCUT2D eigenvalue weighted by atomic mass is 19.1. The van der Waals surface area contributed by atoms with Gasteiger partial charge < -0.3 is 34.0 Å². The van der Waals surface area contributed by atoms with Crippen molar-refractivity contribution >= 4 is 11.8 Å². The third-order valence-electron chi connectivity index (χ3n) is 13.9. The molecule has 12 heteroatoms. The summed E-state index contributed by atoms with van der Waals surface area (Å²) in [5.41, 5.74) is 3.58. The molecule has 1 aliphatic heterocycles. The molecule has 0 aromatic heterocycles. The zero-order valence-corrected chi connectivity index (χ0v) is 40.6. The molecule has 1 heterocycles. The maximum atomic E-state index is 14.9. The summed E-state index contributed by atoms with van der Waals surface area (Å²) in [6.45, 7) is 9.04. The fraction of sp³-hybridized carbons (Fsp3) is 0.571. The fourth-order valence-electron chi connectivity index (χ4n) is 10.6. The standard InChI is InChI=1S/C56H76F2N2O8/c1-4-7-8-9-10-11-12-13-14-21-35-64-55(63)60(39-41-26-28-44(57)29-27-41)52-38-50(59-67-6-3)47-36-42(22-17-19-32-61)46(24-18-20-33-62)53-48-37-45(65-40-43-23-15-16-25-49(43)58)30-31-51(48)68-56(52,54(47)53)66-34-5-2/h5,15-16,23,25-31,36-37,42,46,52-54,61-62H,2,4,6-14,17-22,24,32-35,38-40H2,1,3H3. The third kappa shape index (κ3) is 13.7. The smallest absolute Gasteiger partial charge is 0.410 e. The molecule has 1 amide bonds. The lowest BCUT2D eigenvalue weighted by molar-refractivity contribution is -0.256. The Hall–Kier alpha value is -4.78. The second-order valence-electron chi connectivity index (χ2n) is 18.6. The number of ether oxygens (including phenoxy) is 4. The SMILES string of the molecule is C=CCOC12Oc3ccc(OCc4ccccc4F)cc3C3C(CCCCO)C(CCCCO)C=C(C(=NOCC)CC1N(Cc1ccc(F)cc1)C(=O)OCCCCCCCCCCCC)C32. The van der Waals surface area contributed by atoms with Gasteiger partial charge in [0.25, 0.3) is 0 Å². The quantitative estimate of drug-likeness (QED) is 0.0385. The Balaban J connectivity index is 1.44. The number of unbranched alkanes of at least 4 members (excludes halogenated alkanes) is 11. The van der Waals surface area contributed by atoms with E-state index in [1.165, 1.54) is 56.7 Å². The number of amides is 1. The maximum Gasteiger partial charge on any atom is 0.410 e. The number of carbonyl (C=O) groups excluding carboxylic acids is 1. The second kappa shape index (κ2) is 27.4. The number of rotatable bonds is 30. The zero-order chi connectivity index (χ0) is 48.1. The van der Waals surface area contributed by atoms with Crippen molar-refractivity contribution < 1.29 is 47.6 Å². The van der Waals surface area contributed by atoms with Gasteiger partial charge in [-0.25, -0.2) is 13.6 Å². The van der Waals surface area contributed by atoms with Crippen LogP contribution in [0.2, 0.25) is 0 Å². The first kappa shape index (κ1) is 52.6. The van der Waals surface area contributed by atoms with Crippen molar-refractivity contribution in [3.05, 3.63) is 119 Å². The number of aliphatic hydroxyl groups excluding tert-OH is 2. The number of hydrogen-bond donors (Lipinski definition) is 2. The van der Waals surface area contributed by atoms with Crippen LogP contribution < -0.4 is 9.47 Å². The predicted octanol–water partition coefficient (Wildman–Crippen LogP) is 12.8. The van der Waals surface area contributed by atoms with Gasteiger partial charge in [-0.1, -0.05) is 125 Å². The molecule has 6 atom stereocenters. The molecule has 3 aromatic rings. The third-order valence-corrected chi connectivity index (χ3v) is 13.9. The van der Waals surface area contributed by atoms with E-state index in [1.54, 1.807) is 41.3 Å². The minimum Gasteiger partial charge on any atom is -0.489 e. The fourth-order valence-corrected chi connectivity index (χ4v) is 10.6. The topological polar surface area (TPSA) is 119 Å². The van der Waals surface area contributed by atoms with E-state index in [9.17, 15) is 23.8 Å². The Morgan fingerprint density at radius 1 is 0.882 bits per heavy atom. The van der Waals surface area contributed by atoms with E-state index in [1.807, 2.05) is 25.1 Å². The van der Waals surface area contributed by atoms with Crippen LogP contribution in [-0.2, 0) is 27.5 Å². The normalized spacial score (nSPS) is 22.1. The van der Waals surface area contributed by atoms with Crippen molar-refractivity contribution in [3.63, 3.8) is 0 Å². The van der Waals surface area contributed by atoms with E-state index in [4.69, 9.17) is 28.9 Å². The van der Waals surface area contributed by atoms with Crippen molar-refractivity contribution in [2.75, 3.05) is 33.0 Å². The summed E-state index contributed by atoms with van der Waals surface area (Å²) in [7, 11) is 0. The summed E-state index contributed by atoms with van der Waals surface area (Å²) in [6.07, 6.45) is 19.5. The zero-order valence-electron chi connectivity index (χ0n) is 40.6. The van der Waals surface area contributed by atoms with Crippen LogP contribution in [0.1, 0.15) is 146 Å². The van der Waals surface area contributed by atoms with E-state index in [-0.39, 0.29) is 75.4 Å². The highest BCUT2D eigenvalue weighted by Gasteiger charge is 2.65. The number of hydrogen-bond acceptors (Lipinski definition) is 9. The monoisotopic (exact) mass is 943 g/mol. The molecule has 3 aromatic carbocycles. The van der Waals surface area contributed by atoms with Gasteiger partial charge in [0.2, 0.25) is 5.79 Å². The van der Waals surface area contributed by atoms with Crippen LogP contribution in [0.3, 0.4) is 0 Å². The molecular weight excluding hydrogens is 867 g/mol. The molecule has 2 N–H and O–H groups in total. The number of carbonyl (C=O) groups is 1. The molecule has 3 aliphatic rings. The molecule has 6 rings (SSSR count). The highest BCUT2D eigenvalue weighted by Crippen LogP contribution is 2.62. The molecule has 0 spiro atoms. The summed E-state index contributed by atoms with van der Waals surface area (Å²) in [5, 5.41) is 24.7. The van der Waals surface area contributed by atoms with Gasteiger partial charge in [0.05, 0.1) is 24.8 Å². The second-order valence-corrected chi connectivity index (χ2v) is 18.6. The lowest BCUT2D eigenvalue weighted by Crippen LogP contribution is -2.70. The first-order chi connectivity index (χ1) is 33.3. The first-order valence-electron chi connectivity index (χ1n) is 25.5. The van der Waals surface area contributed by atoms with Gasteiger partial charge in [-0.05, 0) is 98.4 Å². The van der Waals surface area contributed by atoms with Gasteiger partial charge in [-0.2, -0.15) is 0 Å². The van der Waals surface area contributed by atoms with Gasteiger partial charge in [0.15, 0.2) is 0 Å². The van der Waals surface area contributed by atoms with Gasteiger partial charge in [-0.3, -0.25) is 4.90 Å². The average Bonchev–Trinajstić information content (AvgIpc) is 3.35. The Kier molecular flexibility index (Phi) is 21.2. The number of oxime groups is 1. The Bertz CT molecular complexity index is 2080. The number of allylic oxidation sites excluding steroid dienone is 1. The molecule has 10 nitrogen and oxygen atoms in total. The molecule has 6 unspecified atom stereocenters. The molecule has 1 fully saturated rings. The van der Waals surface area contributed by atoms with Crippen LogP contribution in [-0.4, -0.2) is 71.8 Å². The van der Waals surface area contributed by atoms with Crippen LogP contribution in [0, 0.1) is 29.4 Å². The van der Waals surface area contributed by atoms with E-state index in [2.05, 4.69) is 19.6 Å².